The zero-order valence-electron chi connectivity index (χ0n) is 10.8. The van der Waals surface area contributed by atoms with Gasteiger partial charge in [-0.1, -0.05) is 6.07 Å². The standard InChI is InChI=1S/C13H12FN3O2S2/c14-8-4-9(15)6-10(5-8)21-7-12(18)16-17-13(19)11-2-1-3-20-11/h1-6H,7,15H2,(H,16,18)(H,17,19). The van der Waals surface area contributed by atoms with Crippen molar-refractivity contribution in [1.82, 2.24) is 10.9 Å². The van der Waals surface area contributed by atoms with Crippen molar-refractivity contribution >= 4 is 40.6 Å². The van der Waals surface area contributed by atoms with Gasteiger partial charge in [0, 0.05) is 10.6 Å². The summed E-state index contributed by atoms with van der Waals surface area (Å²) < 4.78 is 13.1. The van der Waals surface area contributed by atoms with E-state index in [2.05, 4.69) is 10.9 Å². The summed E-state index contributed by atoms with van der Waals surface area (Å²) in [5, 5.41) is 1.76. The highest BCUT2D eigenvalue weighted by Crippen LogP contribution is 2.21. The van der Waals surface area contributed by atoms with Crippen molar-refractivity contribution in [2.45, 2.75) is 4.90 Å². The third-order valence-corrected chi connectivity index (χ3v) is 4.17. The number of nitrogens with two attached hydrogens (primary N) is 1. The van der Waals surface area contributed by atoms with Crippen LogP contribution in [0, 0.1) is 5.82 Å². The van der Waals surface area contributed by atoms with Gasteiger partial charge in [0.15, 0.2) is 0 Å². The first-order valence-electron chi connectivity index (χ1n) is 5.86. The third kappa shape index (κ3) is 4.76. The first-order chi connectivity index (χ1) is 10.0. The van der Waals surface area contributed by atoms with Crippen molar-refractivity contribution < 1.29 is 14.0 Å². The highest BCUT2D eigenvalue weighted by Gasteiger charge is 2.08. The average Bonchev–Trinajstić information content (AvgIpc) is 2.95. The van der Waals surface area contributed by atoms with Gasteiger partial charge in [0.2, 0.25) is 5.91 Å². The Bertz CT molecular complexity index is 627. The van der Waals surface area contributed by atoms with Crippen LogP contribution < -0.4 is 16.6 Å². The molecule has 0 saturated carbocycles. The predicted molar refractivity (Wildman–Crippen MR) is 81.5 cm³/mol. The molecule has 2 aromatic rings. The summed E-state index contributed by atoms with van der Waals surface area (Å²) in [7, 11) is 0. The lowest BCUT2D eigenvalue weighted by atomic mass is 10.3. The average molecular weight is 325 g/mol. The minimum Gasteiger partial charge on any atom is -0.399 e. The van der Waals surface area contributed by atoms with E-state index < -0.39 is 11.7 Å². The molecule has 0 bridgehead atoms. The minimum absolute atomic E-state index is 0.0353. The molecule has 0 aliphatic rings. The molecule has 0 aliphatic heterocycles. The predicted octanol–water partition coefficient (Wildman–Crippen LogP) is 2.02. The molecule has 1 aromatic heterocycles. The van der Waals surface area contributed by atoms with E-state index in [1.54, 1.807) is 23.6 Å². The smallest absolute Gasteiger partial charge is 0.279 e. The summed E-state index contributed by atoms with van der Waals surface area (Å²) in [4.78, 5) is 24.2. The third-order valence-electron chi connectivity index (χ3n) is 2.32. The number of carbonyl (C=O) groups is 2. The number of hydrogen-bond donors (Lipinski definition) is 3. The summed E-state index contributed by atoms with van der Waals surface area (Å²) in [6.07, 6.45) is 0. The summed E-state index contributed by atoms with van der Waals surface area (Å²) in [6.45, 7) is 0. The molecule has 0 unspecified atom stereocenters. The Morgan fingerprint density at radius 3 is 2.76 bits per heavy atom. The fraction of sp³-hybridized carbons (Fsp3) is 0.0769. The molecule has 0 spiro atoms. The molecule has 0 atom stereocenters. The number of nitrogens with one attached hydrogen (secondary N) is 2. The number of carbonyl (C=O) groups excluding carboxylic acids is 2. The minimum atomic E-state index is -0.455. The Hall–Kier alpha value is -2.06. The first kappa shape index (κ1) is 15.3. The molecule has 5 nitrogen and oxygen atoms in total. The molecule has 2 amide bonds. The summed E-state index contributed by atoms with van der Waals surface area (Å²) in [5.41, 5.74) is 10.4. The number of benzene rings is 1. The molecule has 2 rings (SSSR count). The van der Waals surface area contributed by atoms with Crippen molar-refractivity contribution in [3.05, 3.63) is 46.4 Å². The molecular weight excluding hydrogens is 313 g/mol. The second-order valence-corrected chi connectivity index (χ2v) is 5.98. The molecule has 21 heavy (non-hydrogen) atoms. The number of rotatable bonds is 4. The second kappa shape index (κ2) is 7.09. The SMILES string of the molecule is Nc1cc(F)cc(SCC(=O)NNC(=O)c2cccs2)c1. The topological polar surface area (TPSA) is 84.2 Å². The normalized spacial score (nSPS) is 10.1. The molecule has 0 aliphatic carbocycles. The molecule has 8 heteroatoms. The molecule has 4 N–H and O–H groups in total. The van der Waals surface area contributed by atoms with Crippen molar-refractivity contribution in [2.24, 2.45) is 0 Å². The number of halogens is 1. The van der Waals surface area contributed by atoms with Crippen LogP contribution in [0.4, 0.5) is 10.1 Å². The van der Waals surface area contributed by atoms with Crippen molar-refractivity contribution in [3.63, 3.8) is 0 Å². The highest BCUT2D eigenvalue weighted by atomic mass is 32.2. The number of amides is 2. The summed E-state index contributed by atoms with van der Waals surface area (Å²) in [6, 6.07) is 7.46. The van der Waals surface area contributed by atoms with Crippen LogP contribution in [0.5, 0.6) is 0 Å². The van der Waals surface area contributed by atoms with Crippen molar-refractivity contribution in [3.8, 4) is 0 Å². The van der Waals surface area contributed by atoms with E-state index in [4.69, 9.17) is 5.73 Å². The van der Waals surface area contributed by atoms with Gasteiger partial charge in [-0.25, -0.2) is 4.39 Å². The van der Waals surface area contributed by atoms with E-state index in [0.29, 0.717) is 15.5 Å². The van der Waals surface area contributed by atoms with Crippen molar-refractivity contribution in [1.29, 1.82) is 0 Å². The molecule has 0 radical (unpaired) electrons. The van der Waals surface area contributed by atoms with Gasteiger partial charge in [-0.3, -0.25) is 20.4 Å². The molecule has 0 saturated heterocycles. The van der Waals surface area contributed by atoms with Crippen LogP contribution in [0.2, 0.25) is 0 Å². The molecule has 110 valence electrons. The van der Waals surface area contributed by atoms with Crippen LogP contribution in [0.15, 0.2) is 40.6 Å². The van der Waals surface area contributed by atoms with Gasteiger partial charge in [0.05, 0.1) is 10.6 Å². The maximum Gasteiger partial charge on any atom is 0.279 e. The lowest BCUT2D eigenvalue weighted by molar-refractivity contribution is -0.119. The summed E-state index contributed by atoms with van der Waals surface area (Å²) >= 11 is 2.40. The maximum atomic E-state index is 13.1. The lowest BCUT2D eigenvalue weighted by Gasteiger charge is -2.06. The fourth-order valence-corrected chi connectivity index (χ4v) is 2.85. The van der Waals surface area contributed by atoms with Gasteiger partial charge < -0.3 is 5.73 Å². The monoisotopic (exact) mass is 325 g/mol. The van der Waals surface area contributed by atoms with Crippen LogP contribution >= 0.6 is 23.1 Å². The highest BCUT2D eigenvalue weighted by molar-refractivity contribution is 8.00. The largest absolute Gasteiger partial charge is 0.399 e. The Morgan fingerprint density at radius 2 is 2.10 bits per heavy atom. The summed E-state index contributed by atoms with van der Waals surface area (Å²) in [5.74, 6) is -1.19. The Balaban J connectivity index is 1.78. The van der Waals surface area contributed by atoms with Gasteiger partial charge in [-0.15, -0.1) is 23.1 Å². The number of nitrogen functional groups attached to an aromatic ring is 1. The van der Waals surface area contributed by atoms with E-state index in [9.17, 15) is 14.0 Å². The van der Waals surface area contributed by atoms with Crippen LogP contribution in [0.1, 0.15) is 9.67 Å². The molecule has 1 heterocycles. The Morgan fingerprint density at radius 1 is 1.29 bits per heavy atom. The van der Waals surface area contributed by atoms with E-state index in [0.717, 1.165) is 11.8 Å². The van der Waals surface area contributed by atoms with E-state index >= 15 is 0 Å². The van der Waals surface area contributed by atoms with Gasteiger partial charge in [-0.05, 0) is 29.6 Å². The molecule has 1 aromatic carbocycles. The van der Waals surface area contributed by atoms with Gasteiger partial charge in [0.25, 0.3) is 5.91 Å². The Labute approximate surface area is 128 Å². The number of anilines is 1. The zero-order valence-corrected chi connectivity index (χ0v) is 12.4. The number of thioether (sulfide) groups is 1. The number of hydrazine groups is 1. The van der Waals surface area contributed by atoms with Gasteiger partial charge in [0.1, 0.15) is 5.82 Å². The van der Waals surface area contributed by atoms with Gasteiger partial charge >= 0.3 is 0 Å². The zero-order chi connectivity index (χ0) is 15.2. The Kier molecular flexibility index (Phi) is 5.18. The van der Waals surface area contributed by atoms with Crippen molar-refractivity contribution in [2.75, 3.05) is 11.5 Å². The van der Waals surface area contributed by atoms with Crippen LogP contribution in [-0.4, -0.2) is 17.6 Å². The van der Waals surface area contributed by atoms with E-state index in [1.807, 2.05) is 0 Å². The van der Waals surface area contributed by atoms with Crippen LogP contribution in [-0.2, 0) is 4.79 Å². The van der Waals surface area contributed by atoms with Crippen LogP contribution in [0.25, 0.3) is 0 Å². The second-order valence-electron chi connectivity index (χ2n) is 3.99. The van der Waals surface area contributed by atoms with E-state index in [-0.39, 0.29) is 11.7 Å². The first-order valence-corrected chi connectivity index (χ1v) is 7.72. The van der Waals surface area contributed by atoms with Gasteiger partial charge in [-0.2, -0.15) is 0 Å². The fourth-order valence-electron chi connectivity index (χ4n) is 1.45. The molecule has 0 fully saturated rings. The van der Waals surface area contributed by atoms with Crippen LogP contribution in [0.3, 0.4) is 0 Å². The number of thiophene rings is 1. The number of hydrogen-bond acceptors (Lipinski definition) is 5. The quantitative estimate of drug-likeness (QED) is 0.456. The molecular formula is C13H12FN3O2S2. The lowest BCUT2D eigenvalue weighted by Crippen LogP contribution is -2.42. The van der Waals surface area contributed by atoms with E-state index in [1.165, 1.54) is 23.5 Å². The maximum absolute atomic E-state index is 13.1.